The monoisotopic (exact) mass is 244 g/mol. The molecule has 0 aliphatic rings. The van der Waals surface area contributed by atoms with Gasteiger partial charge in [0.05, 0.1) is 0 Å². The van der Waals surface area contributed by atoms with Crippen molar-refractivity contribution in [2.45, 2.75) is 39.5 Å². The summed E-state index contributed by atoms with van der Waals surface area (Å²) in [6, 6.07) is 8.50. The lowest BCUT2D eigenvalue weighted by molar-refractivity contribution is 0.590. The summed E-state index contributed by atoms with van der Waals surface area (Å²) in [5, 5.41) is 5.47. The molecule has 0 aliphatic carbocycles. The van der Waals surface area contributed by atoms with E-state index >= 15 is 0 Å². The van der Waals surface area contributed by atoms with Crippen LogP contribution >= 0.6 is 0 Å². The van der Waals surface area contributed by atoms with Crippen LogP contribution in [-0.4, -0.2) is 10.2 Å². The minimum atomic E-state index is -0.0209. The minimum absolute atomic E-state index is 0.0209. The first kappa shape index (κ1) is 12.7. The molecule has 0 saturated heterocycles. The first-order chi connectivity index (χ1) is 8.38. The highest BCUT2D eigenvalue weighted by molar-refractivity contribution is 5.31. The summed E-state index contributed by atoms with van der Waals surface area (Å²) in [5.41, 5.74) is 4.35. The summed E-state index contributed by atoms with van der Waals surface area (Å²) in [6.07, 6.45) is 0.676. The van der Waals surface area contributed by atoms with Crippen LogP contribution in [0.15, 0.2) is 29.1 Å². The third-order valence-electron chi connectivity index (χ3n) is 3.29. The number of H-pyrrole nitrogens is 2. The third-order valence-corrected chi connectivity index (χ3v) is 3.29. The second-order valence-electron chi connectivity index (χ2n) is 5.81. The Kier molecular flexibility index (Phi) is 3.16. The van der Waals surface area contributed by atoms with E-state index in [4.69, 9.17) is 0 Å². The van der Waals surface area contributed by atoms with Crippen LogP contribution in [0.4, 0.5) is 0 Å². The second kappa shape index (κ2) is 4.48. The van der Waals surface area contributed by atoms with Gasteiger partial charge in [-0.15, -0.1) is 0 Å². The molecule has 1 aromatic carbocycles. The number of hydrogen-bond acceptors (Lipinski definition) is 1. The number of benzene rings is 1. The van der Waals surface area contributed by atoms with Crippen LogP contribution in [0.3, 0.4) is 0 Å². The zero-order valence-electron chi connectivity index (χ0n) is 11.4. The molecule has 0 radical (unpaired) electrons. The molecule has 0 amide bonds. The van der Waals surface area contributed by atoms with E-state index in [9.17, 15) is 4.79 Å². The highest BCUT2D eigenvalue weighted by atomic mass is 16.1. The lowest BCUT2D eigenvalue weighted by Gasteiger charge is -2.19. The molecule has 0 spiro atoms. The summed E-state index contributed by atoms with van der Waals surface area (Å²) in [6.45, 7) is 8.51. The summed E-state index contributed by atoms with van der Waals surface area (Å²) in [5.74, 6) is 0. The van der Waals surface area contributed by atoms with Crippen LogP contribution in [0.25, 0.3) is 0 Å². The molecule has 2 rings (SSSR count). The molecule has 0 atom stereocenters. The molecule has 1 heterocycles. The Morgan fingerprint density at radius 1 is 1.06 bits per heavy atom. The van der Waals surface area contributed by atoms with E-state index in [1.54, 1.807) is 0 Å². The van der Waals surface area contributed by atoms with Gasteiger partial charge in [0.2, 0.25) is 0 Å². The lowest BCUT2D eigenvalue weighted by atomic mass is 9.86. The highest BCUT2D eigenvalue weighted by Crippen LogP contribution is 2.22. The SMILES string of the molecule is Cc1[nH][nH]c(=O)c1Cc1ccc(C(C)(C)C)cc1. The van der Waals surface area contributed by atoms with Crippen molar-refractivity contribution in [2.24, 2.45) is 0 Å². The second-order valence-corrected chi connectivity index (χ2v) is 5.81. The number of hydrogen-bond donors (Lipinski definition) is 2. The van der Waals surface area contributed by atoms with Crippen molar-refractivity contribution in [3.63, 3.8) is 0 Å². The summed E-state index contributed by atoms with van der Waals surface area (Å²) in [7, 11) is 0. The van der Waals surface area contributed by atoms with E-state index in [2.05, 4.69) is 55.2 Å². The van der Waals surface area contributed by atoms with Gasteiger partial charge < -0.3 is 5.10 Å². The normalized spacial score (nSPS) is 11.8. The average molecular weight is 244 g/mol. The first-order valence-corrected chi connectivity index (χ1v) is 6.23. The third kappa shape index (κ3) is 2.55. The van der Waals surface area contributed by atoms with Gasteiger partial charge in [-0.1, -0.05) is 45.0 Å². The maximum atomic E-state index is 11.6. The largest absolute Gasteiger partial charge is 0.302 e. The Hall–Kier alpha value is -1.77. The number of rotatable bonds is 2. The molecular formula is C15H20N2O. The summed E-state index contributed by atoms with van der Waals surface area (Å²) < 4.78 is 0. The van der Waals surface area contributed by atoms with Crippen LogP contribution in [0.2, 0.25) is 0 Å². The molecule has 2 N–H and O–H groups in total. The van der Waals surface area contributed by atoms with Gasteiger partial charge in [-0.05, 0) is 23.5 Å². The fraction of sp³-hybridized carbons (Fsp3) is 0.400. The van der Waals surface area contributed by atoms with Crippen LogP contribution < -0.4 is 5.56 Å². The standard InChI is InChI=1S/C15H20N2O/c1-10-13(14(18)17-16-10)9-11-5-7-12(8-6-11)15(2,3)4/h5-8H,9H2,1-4H3,(H2,16,17,18). The topological polar surface area (TPSA) is 48.6 Å². The van der Waals surface area contributed by atoms with Gasteiger partial charge in [0, 0.05) is 17.7 Å². The molecule has 18 heavy (non-hydrogen) atoms. The number of aromatic nitrogens is 2. The van der Waals surface area contributed by atoms with Gasteiger partial charge in [-0.2, -0.15) is 0 Å². The quantitative estimate of drug-likeness (QED) is 0.838. The lowest BCUT2D eigenvalue weighted by Crippen LogP contribution is -2.11. The minimum Gasteiger partial charge on any atom is -0.302 e. The van der Waals surface area contributed by atoms with Crippen LogP contribution in [0.5, 0.6) is 0 Å². The molecule has 0 unspecified atom stereocenters. The summed E-state index contributed by atoms with van der Waals surface area (Å²) in [4.78, 5) is 11.6. The fourth-order valence-electron chi connectivity index (χ4n) is 2.01. The molecule has 0 saturated carbocycles. The first-order valence-electron chi connectivity index (χ1n) is 6.23. The van der Waals surface area contributed by atoms with E-state index in [0.717, 1.165) is 16.8 Å². The Labute approximate surface area is 107 Å². The number of aromatic amines is 2. The summed E-state index contributed by atoms with van der Waals surface area (Å²) >= 11 is 0. The van der Waals surface area contributed by atoms with Gasteiger partial charge in [0.25, 0.3) is 5.56 Å². The predicted octanol–water partition coefficient (Wildman–Crippen LogP) is 2.90. The predicted molar refractivity (Wildman–Crippen MR) is 74.1 cm³/mol. The van der Waals surface area contributed by atoms with Gasteiger partial charge in [-0.25, -0.2) is 0 Å². The fourth-order valence-corrected chi connectivity index (χ4v) is 2.01. The number of aryl methyl sites for hydroxylation is 1. The van der Waals surface area contributed by atoms with E-state index in [1.807, 2.05) is 6.92 Å². The van der Waals surface area contributed by atoms with E-state index < -0.39 is 0 Å². The van der Waals surface area contributed by atoms with Crippen molar-refractivity contribution in [1.29, 1.82) is 0 Å². The van der Waals surface area contributed by atoms with Crippen LogP contribution in [-0.2, 0) is 11.8 Å². The molecule has 0 fully saturated rings. The average Bonchev–Trinajstić information content (AvgIpc) is 2.60. The molecule has 96 valence electrons. The van der Waals surface area contributed by atoms with Gasteiger partial charge in [0.1, 0.15) is 0 Å². The van der Waals surface area contributed by atoms with Crippen LogP contribution in [0, 0.1) is 6.92 Å². The smallest absolute Gasteiger partial charge is 0.267 e. The zero-order chi connectivity index (χ0) is 13.3. The van der Waals surface area contributed by atoms with Crippen LogP contribution in [0.1, 0.15) is 43.2 Å². The maximum absolute atomic E-state index is 11.6. The van der Waals surface area contributed by atoms with Crippen molar-refractivity contribution < 1.29 is 0 Å². The van der Waals surface area contributed by atoms with E-state index in [1.165, 1.54) is 5.56 Å². The Morgan fingerprint density at radius 2 is 1.67 bits per heavy atom. The van der Waals surface area contributed by atoms with Crippen molar-refractivity contribution in [2.75, 3.05) is 0 Å². The molecule has 3 heteroatoms. The highest BCUT2D eigenvalue weighted by Gasteiger charge is 2.13. The molecule has 0 aliphatic heterocycles. The van der Waals surface area contributed by atoms with Gasteiger partial charge in [0.15, 0.2) is 0 Å². The van der Waals surface area contributed by atoms with Crippen molar-refractivity contribution in [3.8, 4) is 0 Å². The number of nitrogens with one attached hydrogen (secondary N) is 2. The zero-order valence-corrected chi connectivity index (χ0v) is 11.4. The van der Waals surface area contributed by atoms with Crippen molar-refractivity contribution in [3.05, 3.63) is 57.0 Å². The van der Waals surface area contributed by atoms with Crippen molar-refractivity contribution >= 4 is 0 Å². The molecular weight excluding hydrogens is 224 g/mol. The Morgan fingerprint density at radius 3 is 2.11 bits per heavy atom. The molecule has 1 aromatic heterocycles. The Balaban J connectivity index is 2.24. The molecule has 3 nitrogen and oxygen atoms in total. The maximum Gasteiger partial charge on any atom is 0.267 e. The van der Waals surface area contributed by atoms with Gasteiger partial charge >= 0.3 is 0 Å². The van der Waals surface area contributed by atoms with E-state index in [-0.39, 0.29) is 11.0 Å². The Bertz CT molecular complexity index is 582. The molecule has 2 aromatic rings. The van der Waals surface area contributed by atoms with E-state index in [0.29, 0.717) is 6.42 Å². The molecule has 0 bridgehead atoms. The van der Waals surface area contributed by atoms with Crippen molar-refractivity contribution in [1.82, 2.24) is 10.2 Å². The van der Waals surface area contributed by atoms with Gasteiger partial charge in [-0.3, -0.25) is 9.89 Å².